The molecule has 6 nitrogen and oxygen atoms in total. The first-order valence-electron chi connectivity index (χ1n) is 10.5. The van der Waals surface area contributed by atoms with Crippen LogP contribution in [-0.4, -0.2) is 46.9 Å². The molecule has 0 radical (unpaired) electrons. The molecule has 5 rings (SSSR count). The van der Waals surface area contributed by atoms with Crippen molar-refractivity contribution in [2.75, 3.05) is 13.1 Å². The van der Waals surface area contributed by atoms with Gasteiger partial charge in [0.15, 0.2) is 6.04 Å². The third kappa shape index (κ3) is 3.99. The van der Waals surface area contributed by atoms with Crippen LogP contribution in [0.1, 0.15) is 61.7 Å². The van der Waals surface area contributed by atoms with Gasteiger partial charge in [0.1, 0.15) is 5.82 Å². The fraction of sp³-hybridized carbons (Fsp3) is 0.591. The van der Waals surface area contributed by atoms with Crippen LogP contribution < -0.4 is 10.6 Å². The number of nitriles is 1. The minimum Gasteiger partial charge on any atom is -0.347 e. The topological polar surface area (TPSA) is 85.2 Å². The molecule has 2 amide bonds. The Morgan fingerprint density at radius 1 is 1.00 bits per heavy atom. The van der Waals surface area contributed by atoms with Gasteiger partial charge in [-0.25, -0.2) is 4.39 Å². The molecule has 2 bridgehead atoms. The Labute approximate surface area is 170 Å². The number of likely N-dealkylation sites (tertiary alicyclic amines) is 1. The second-order valence-corrected chi connectivity index (χ2v) is 8.76. The van der Waals surface area contributed by atoms with E-state index in [-0.39, 0.29) is 28.7 Å². The number of hydrogen-bond acceptors (Lipinski definition) is 4. The highest BCUT2D eigenvalue weighted by Gasteiger charge is 2.50. The molecular weight excluding hydrogens is 371 g/mol. The monoisotopic (exact) mass is 398 g/mol. The summed E-state index contributed by atoms with van der Waals surface area (Å²) in [7, 11) is 0. The molecule has 0 spiro atoms. The van der Waals surface area contributed by atoms with Crippen molar-refractivity contribution >= 4 is 11.8 Å². The largest absolute Gasteiger partial charge is 0.347 e. The quantitative estimate of drug-likeness (QED) is 0.798. The minimum absolute atomic E-state index is 0.105. The van der Waals surface area contributed by atoms with Crippen LogP contribution in [0.2, 0.25) is 0 Å². The van der Waals surface area contributed by atoms with E-state index in [2.05, 4.69) is 16.7 Å². The van der Waals surface area contributed by atoms with Crippen molar-refractivity contribution in [3.8, 4) is 6.07 Å². The number of halogens is 1. The van der Waals surface area contributed by atoms with E-state index in [4.69, 9.17) is 0 Å². The average Bonchev–Trinajstić information content (AvgIpc) is 3.28. The van der Waals surface area contributed by atoms with Gasteiger partial charge in [0.25, 0.3) is 11.8 Å². The lowest BCUT2D eigenvalue weighted by atomic mass is 9.61. The van der Waals surface area contributed by atoms with Gasteiger partial charge in [-0.05, 0) is 75.6 Å². The summed E-state index contributed by atoms with van der Waals surface area (Å²) in [6.45, 7) is 1.48. The van der Waals surface area contributed by atoms with E-state index < -0.39 is 6.04 Å². The Morgan fingerprint density at radius 3 is 2.10 bits per heavy atom. The van der Waals surface area contributed by atoms with Crippen molar-refractivity contribution in [3.63, 3.8) is 0 Å². The molecule has 1 aromatic carbocycles. The summed E-state index contributed by atoms with van der Waals surface area (Å²) in [5.74, 6) is -0.640. The van der Waals surface area contributed by atoms with Crippen molar-refractivity contribution in [3.05, 3.63) is 35.6 Å². The number of carbonyl (C=O) groups is 2. The average molecular weight is 398 g/mol. The molecule has 29 heavy (non-hydrogen) atoms. The standard InChI is InChI=1S/C22H27FN4O2/c23-17-5-3-16(4-6-17)19(28)26-22-10-7-21(8-11-22,9-12-22)25-18(15-24)20(29)27-13-1-2-14-27/h3-6,18,25H,1-2,7-14H2,(H,26,28)/t18-,21?,22?/m0/s1. The Hall–Kier alpha value is -2.46. The predicted molar refractivity (Wildman–Crippen MR) is 105 cm³/mol. The van der Waals surface area contributed by atoms with Gasteiger partial charge in [-0.3, -0.25) is 14.9 Å². The second kappa shape index (κ2) is 7.75. The Balaban J connectivity index is 1.37. The summed E-state index contributed by atoms with van der Waals surface area (Å²) < 4.78 is 13.1. The fourth-order valence-electron chi connectivity index (χ4n) is 5.08. The van der Waals surface area contributed by atoms with Gasteiger partial charge in [-0.2, -0.15) is 5.26 Å². The molecule has 2 N–H and O–H groups in total. The summed E-state index contributed by atoms with van der Waals surface area (Å²) in [4.78, 5) is 27.1. The molecule has 0 unspecified atom stereocenters. The van der Waals surface area contributed by atoms with E-state index in [1.165, 1.54) is 24.3 Å². The van der Waals surface area contributed by atoms with Crippen LogP contribution in [0.25, 0.3) is 0 Å². The molecule has 0 aromatic heterocycles. The SMILES string of the molecule is N#C[C@H](NC12CCC(NC(=O)c3ccc(F)cc3)(CC1)CC2)C(=O)N1CCCC1. The molecule has 7 heteroatoms. The fourth-order valence-corrected chi connectivity index (χ4v) is 5.08. The van der Waals surface area contributed by atoms with Crippen LogP contribution in [0, 0.1) is 17.1 Å². The smallest absolute Gasteiger partial charge is 0.254 e. The zero-order valence-corrected chi connectivity index (χ0v) is 16.5. The number of rotatable bonds is 5. The molecule has 1 heterocycles. The van der Waals surface area contributed by atoms with Gasteiger partial charge in [0.2, 0.25) is 0 Å². The highest BCUT2D eigenvalue weighted by molar-refractivity contribution is 5.94. The van der Waals surface area contributed by atoms with Crippen molar-refractivity contribution < 1.29 is 14.0 Å². The maximum absolute atomic E-state index is 13.1. The second-order valence-electron chi connectivity index (χ2n) is 8.76. The van der Waals surface area contributed by atoms with Gasteiger partial charge in [0.05, 0.1) is 6.07 Å². The molecule has 154 valence electrons. The van der Waals surface area contributed by atoms with Crippen LogP contribution >= 0.6 is 0 Å². The van der Waals surface area contributed by atoms with Gasteiger partial charge < -0.3 is 10.2 Å². The number of hydrogen-bond donors (Lipinski definition) is 2. The van der Waals surface area contributed by atoms with E-state index >= 15 is 0 Å². The molecule has 4 fully saturated rings. The maximum atomic E-state index is 13.1. The van der Waals surface area contributed by atoms with Crippen molar-refractivity contribution in [2.24, 2.45) is 0 Å². The number of nitrogens with zero attached hydrogens (tertiary/aromatic N) is 2. The minimum atomic E-state index is -0.799. The van der Waals surface area contributed by atoms with E-state index in [1.54, 1.807) is 4.90 Å². The number of benzene rings is 1. The molecule has 1 atom stereocenters. The first kappa shape index (κ1) is 19.8. The lowest BCUT2D eigenvalue weighted by Crippen LogP contribution is -2.65. The van der Waals surface area contributed by atoms with Crippen molar-refractivity contribution in [1.29, 1.82) is 5.26 Å². The highest BCUT2D eigenvalue weighted by Crippen LogP contribution is 2.47. The van der Waals surface area contributed by atoms with Crippen molar-refractivity contribution in [1.82, 2.24) is 15.5 Å². The van der Waals surface area contributed by atoms with Crippen LogP contribution in [0.5, 0.6) is 0 Å². The summed E-state index contributed by atoms with van der Waals surface area (Å²) in [5, 5.41) is 16.1. The molecule has 1 aromatic rings. The molecule has 4 aliphatic rings. The summed E-state index contributed by atoms with van der Waals surface area (Å²) >= 11 is 0. The van der Waals surface area contributed by atoms with E-state index in [0.717, 1.165) is 64.5 Å². The van der Waals surface area contributed by atoms with Gasteiger partial charge >= 0.3 is 0 Å². The number of amides is 2. The van der Waals surface area contributed by atoms with Crippen LogP contribution in [0.4, 0.5) is 4.39 Å². The van der Waals surface area contributed by atoms with Gasteiger partial charge in [-0.15, -0.1) is 0 Å². The number of nitrogens with one attached hydrogen (secondary N) is 2. The van der Waals surface area contributed by atoms with Gasteiger partial charge in [0, 0.05) is 29.7 Å². The molecular formula is C22H27FN4O2. The Morgan fingerprint density at radius 2 is 1.55 bits per heavy atom. The van der Waals surface area contributed by atoms with E-state index in [1.807, 2.05) is 0 Å². The number of carbonyl (C=O) groups excluding carboxylic acids is 2. The Kier molecular flexibility index (Phi) is 5.30. The van der Waals surface area contributed by atoms with Crippen LogP contribution in [0.15, 0.2) is 24.3 Å². The van der Waals surface area contributed by atoms with Crippen LogP contribution in [-0.2, 0) is 4.79 Å². The van der Waals surface area contributed by atoms with Crippen LogP contribution in [0.3, 0.4) is 0 Å². The summed E-state index contributed by atoms with van der Waals surface area (Å²) in [6, 6.07) is 6.96. The predicted octanol–water partition coefficient (Wildman–Crippen LogP) is 2.51. The summed E-state index contributed by atoms with van der Waals surface area (Å²) in [5.41, 5.74) is -0.00391. The molecule has 1 saturated heterocycles. The first-order chi connectivity index (χ1) is 13.9. The zero-order valence-electron chi connectivity index (χ0n) is 16.5. The lowest BCUT2D eigenvalue weighted by Gasteiger charge is -2.54. The van der Waals surface area contributed by atoms with E-state index in [9.17, 15) is 19.2 Å². The molecule has 1 aliphatic heterocycles. The lowest BCUT2D eigenvalue weighted by molar-refractivity contribution is -0.131. The number of fused-ring (bicyclic) bond motifs is 3. The van der Waals surface area contributed by atoms with E-state index in [0.29, 0.717) is 5.56 Å². The zero-order chi connectivity index (χ0) is 20.5. The Bertz CT molecular complexity index is 802. The normalized spacial score (nSPS) is 29.3. The highest BCUT2D eigenvalue weighted by atomic mass is 19.1. The summed E-state index contributed by atoms with van der Waals surface area (Å²) in [6.07, 6.45) is 6.90. The van der Waals surface area contributed by atoms with Crippen molar-refractivity contribution in [2.45, 2.75) is 68.5 Å². The third-order valence-corrected chi connectivity index (χ3v) is 6.98. The van der Waals surface area contributed by atoms with Gasteiger partial charge in [-0.1, -0.05) is 0 Å². The molecule has 3 aliphatic carbocycles. The third-order valence-electron chi connectivity index (χ3n) is 6.98. The first-order valence-corrected chi connectivity index (χ1v) is 10.5. The maximum Gasteiger partial charge on any atom is 0.254 e. The molecule has 3 saturated carbocycles.